The highest BCUT2D eigenvalue weighted by Crippen LogP contribution is 2.69. The van der Waals surface area contributed by atoms with Gasteiger partial charge in [-0.2, -0.15) is 0 Å². The van der Waals surface area contributed by atoms with Gasteiger partial charge in [-0.3, -0.25) is 0 Å². The van der Waals surface area contributed by atoms with E-state index in [0.717, 1.165) is 95.4 Å². The van der Waals surface area contributed by atoms with Gasteiger partial charge in [-0.15, -0.1) is 0 Å². The Labute approximate surface area is 485 Å². The van der Waals surface area contributed by atoms with Crippen LogP contribution in [0.15, 0.2) is 0 Å². The monoisotopic (exact) mass is 1090 g/mol. The van der Waals surface area contributed by atoms with E-state index in [1.54, 1.807) is 128 Å². The normalized spacial score (nSPS) is 41.1. The van der Waals surface area contributed by atoms with Crippen molar-refractivity contribution in [3.05, 3.63) is 0 Å². The first-order chi connectivity index (χ1) is 38.2. The maximum atomic E-state index is 6.26. The summed E-state index contributed by atoms with van der Waals surface area (Å²) in [6.45, 7) is 13.2. The Hall–Kier alpha value is -0.160. The van der Waals surface area contributed by atoms with E-state index in [4.69, 9.17) is 18.9 Å². The molecule has 0 atom stereocenters. The quantitative estimate of drug-likeness (QED) is 0.0809. The highest BCUT2D eigenvalue weighted by Gasteiger charge is 2.57. The van der Waals surface area contributed by atoms with E-state index in [1.165, 1.54) is 193 Å². The number of hydrogen-bond donors (Lipinski definition) is 0. The summed E-state index contributed by atoms with van der Waals surface area (Å²) in [5.74, 6) is 8.23. The van der Waals surface area contributed by atoms with E-state index in [1.807, 2.05) is 0 Å². The number of hydrogen-bond acceptors (Lipinski definition) is 4. The van der Waals surface area contributed by atoms with Gasteiger partial charge in [0.25, 0.3) is 0 Å². The lowest BCUT2D eigenvalue weighted by molar-refractivity contribution is -0.111. The zero-order valence-electron chi connectivity index (χ0n) is 52.7. The Morgan fingerprint density at radius 1 is 0.218 bits per heavy atom. The van der Waals surface area contributed by atoms with Crippen LogP contribution in [0.1, 0.15) is 349 Å². The second-order valence-corrected chi connectivity index (χ2v) is 31.2. The standard InChI is InChI=1S/C38H68O2.C36H64O2/c1-3-5-7-9-27-39-35-15-11-31(12-16-35)33-19-23-37(24-20-33)29-38(30-37)25-21-34(22-26-38)32-13-17-36(18-14-32)40-28-10-8-6-4-2;1-3-5-7-25-37-33-13-9-29(10-14-33)31-17-21-35(22-18-31)27-36(28-35)23-19-32(20-24-36)30-11-15-34(16-12-30)38-26-8-6-4-2/h31-36H,3-30H2,1-2H3;29-34H,3-28H2,1-2H3. The second-order valence-electron chi connectivity index (χ2n) is 31.2. The molecule has 10 fully saturated rings. The lowest BCUT2D eigenvalue weighted by atomic mass is 9.43. The average molecular weight is 1090 g/mol. The van der Waals surface area contributed by atoms with Crippen LogP contribution >= 0.6 is 0 Å². The third-order valence-electron chi connectivity index (χ3n) is 25.8. The van der Waals surface area contributed by atoms with Gasteiger partial charge in [-0.05, 0) is 326 Å². The molecule has 0 N–H and O–H groups in total. The Kier molecular flexibility index (Phi) is 25.5. The van der Waals surface area contributed by atoms with Crippen molar-refractivity contribution >= 4 is 0 Å². The molecule has 0 saturated heterocycles. The Morgan fingerprint density at radius 2 is 0.397 bits per heavy atom. The van der Waals surface area contributed by atoms with Crippen LogP contribution in [0.25, 0.3) is 0 Å². The summed E-state index contributed by atoms with van der Waals surface area (Å²) in [6, 6.07) is 0. The summed E-state index contributed by atoms with van der Waals surface area (Å²) in [7, 11) is 0. The van der Waals surface area contributed by atoms with Crippen molar-refractivity contribution in [3.8, 4) is 0 Å². The summed E-state index contributed by atoms with van der Waals surface area (Å²) >= 11 is 0. The topological polar surface area (TPSA) is 36.9 Å². The van der Waals surface area contributed by atoms with Gasteiger partial charge in [0.15, 0.2) is 0 Å². The molecule has 0 unspecified atom stereocenters. The number of ether oxygens (including phenoxy) is 4. The van der Waals surface area contributed by atoms with Gasteiger partial charge in [-0.1, -0.05) is 91.9 Å². The minimum atomic E-state index is 0.582. The van der Waals surface area contributed by atoms with Gasteiger partial charge in [0.2, 0.25) is 0 Å². The Morgan fingerprint density at radius 3 is 0.603 bits per heavy atom. The van der Waals surface area contributed by atoms with Crippen LogP contribution in [0, 0.1) is 69.0 Å². The molecule has 0 amide bonds. The molecule has 78 heavy (non-hydrogen) atoms. The molecule has 0 aromatic carbocycles. The molecular formula is C74H132O4. The average Bonchev–Trinajstić information content (AvgIpc) is 3.66. The highest BCUT2D eigenvalue weighted by atomic mass is 16.5. The van der Waals surface area contributed by atoms with Crippen molar-refractivity contribution in [2.45, 2.75) is 373 Å². The van der Waals surface area contributed by atoms with Crippen LogP contribution in [0.3, 0.4) is 0 Å². The molecule has 0 aromatic rings. The first kappa shape index (κ1) is 62.4. The van der Waals surface area contributed by atoms with E-state index in [9.17, 15) is 0 Å². The smallest absolute Gasteiger partial charge is 0.0575 e. The van der Waals surface area contributed by atoms with E-state index in [-0.39, 0.29) is 0 Å². The molecule has 0 bridgehead atoms. The lowest BCUT2D eigenvalue weighted by Crippen LogP contribution is -2.50. The molecule has 0 radical (unpaired) electrons. The zero-order valence-corrected chi connectivity index (χ0v) is 52.7. The van der Waals surface area contributed by atoms with Crippen LogP contribution < -0.4 is 0 Å². The summed E-state index contributed by atoms with van der Waals surface area (Å²) < 4.78 is 24.9. The van der Waals surface area contributed by atoms with Gasteiger partial charge in [0, 0.05) is 26.4 Å². The van der Waals surface area contributed by atoms with Gasteiger partial charge >= 0.3 is 0 Å². The van der Waals surface area contributed by atoms with Crippen molar-refractivity contribution in [1.29, 1.82) is 0 Å². The van der Waals surface area contributed by atoms with Crippen LogP contribution in [-0.2, 0) is 18.9 Å². The van der Waals surface area contributed by atoms with Crippen LogP contribution in [0.5, 0.6) is 0 Å². The number of unbranched alkanes of at least 4 members (excludes halogenated alkanes) is 10. The van der Waals surface area contributed by atoms with Crippen LogP contribution in [-0.4, -0.2) is 50.8 Å². The second kappa shape index (κ2) is 31.8. The van der Waals surface area contributed by atoms with Crippen molar-refractivity contribution in [2.24, 2.45) is 69.0 Å². The Balaban J connectivity index is 0.000000190. The van der Waals surface area contributed by atoms with Crippen LogP contribution in [0.4, 0.5) is 0 Å². The first-order valence-electron chi connectivity index (χ1n) is 36.7. The molecule has 10 aliphatic carbocycles. The molecular weight excluding hydrogens is 953 g/mol. The first-order valence-corrected chi connectivity index (χ1v) is 36.7. The maximum Gasteiger partial charge on any atom is 0.0575 e. The zero-order chi connectivity index (χ0) is 53.9. The van der Waals surface area contributed by atoms with Gasteiger partial charge in [-0.25, -0.2) is 0 Å². The SMILES string of the molecule is CCCCCCOC1CCC(C2CCC3(CC2)CC2(CCC(C4CCC(OCCCCCC)CC4)CC2)C3)CC1.CCCCCOC1CCC(C2CCC3(CC2)CC2(CCC(C4CCC(OCCCCC)CC4)CC2)C3)CC1. The van der Waals surface area contributed by atoms with E-state index in [0.29, 0.717) is 24.4 Å². The predicted molar refractivity (Wildman–Crippen MR) is 330 cm³/mol. The molecule has 0 aromatic heterocycles. The molecule has 0 heterocycles. The van der Waals surface area contributed by atoms with Crippen molar-refractivity contribution in [2.75, 3.05) is 26.4 Å². The number of rotatable bonds is 26. The lowest BCUT2D eigenvalue weighted by Gasteiger charge is -2.62. The summed E-state index contributed by atoms with van der Waals surface area (Å²) in [5.41, 5.74) is 3.09. The fourth-order valence-electron chi connectivity index (χ4n) is 21.1. The van der Waals surface area contributed by atoms with Gasteiger partial charge < -0.3 is 18.9 Å². The molecule has 10 rings (SSSR count). The summed E-state index contributed by atoms with van der Waals surface area (Å²) in [5, 5.41) is 0. The van der Waals surface area contributed by atoms with Crippen molar-refractivity contribution in [3.63, 3.8) is 0 Å². The van der Waals surface area contributed by atoms with E-state index in [2.05, 4.69) is 27.7 Å². The predicted octanol–water partition coefficient (Wildman–Crippen LogP) is 22.1. The van der Waals surface area contributed by atoms with Crippen molar-refractivity contribution < 1.29 is 18.9 Å². The molecule has 4 heteroatoms. The molecule has 10 aliphatic rings. The fourth-order valence-corrected chi connectivity index (χ4v) is 21.1. The van der Waals surface area contributed by atoms with Crippen molar-refractivity contribution in [1.82, 2.24) is 0 Å². The third-order valence-corrected chi connectivity index (χ3v) is 25.8. The third kappa shape index (κ3) is 17.9. The Bertz CT molecular complexity index is 1440. The molecule has 0 aliphatic heterocycles. The largest absolute Gasteiger partial charge is 0.378 e. The highest BCUT2D eigenvalue weighted by molar-refractivity contribution is 5.08. The summed E-state index contributed by atoms with van der Waals surface area (Å²) in [4.78, 5) is 0. The minimum absolute atomic E-state index is 0.582. The minimum Gasteiger partial charge on any atom is -0.378 e. The maximum absolute atomic E-state index is 6.26. The van der Waals surface area contributed by atoms with Gasteiger partial charge in [0.05, 0.1) is 24.4 Å². The molecule has 452 valence electrons. The fraction of sp³-hybridized carbons (Fsp3) is 1.00. The van der Waals surface area contributed by atoms with E-state index < -0.39 is 0 Å². The van der Waals surface area contributed by atoms with Gasteiger partial charge in [0.1, 0.15) is 0 Å². The van der Waals surface area contributed by atoms with E-state index >= 15 is 0 Å². The molecule has 4 nitrogen and oxygen atoms in total. The van der Waals surface area contributed by atoms with Crippen LogP contribution in [0.2, 0.25) is 0 Å². The molecule has 10 saturated carbocycles. The molecule has 4 spiro atoms. The summed E-state index contributed by atoms with van der Waals surface area (Å²) in [6.07, 6.45) is 74.5.